The van der Waals surface area contributed by atoms with Gasteiger partial charge < -0.3 is 19.4 Å². The van der Waals surface area contributed by atoms with Crippen molar-refractivity contribution in [1.29, 1.82) is 5.26 Å². The van der Waals surface area contributed by atoms with Crippen molar-refractivity contribution < 1.29 is 13.9 Å². The van der Waals surface area contributed by atoms with Gasteiger partial charge in [-0.15, -0.1) is 0 Å². The third kappa shape index (κ3) is 3.22. The van der Waals surface area contributed by atoms with Crippen LogP contribution in [0.2, 0.25) is 0 Å². The fourth-order valence-corrected chi connectivity index (χ4v) is 2.98. The van der Waals surface area contributed by atoms with Gasteiger partial charge in [0.2, 0.25) is 0 Å². The molecule has 0 unspecified atom stereocenters. The van der Waals surface area contributed by atoms with Crippen LogP contribution >= 0.6 is 0 Å². The Kier molecular flexibility index (Phi) is 4.63. The predicted octanol–water partition coefficient (Wildman–Crippen LogP) is 1.27. The molecule has 2 heterocycles. The zero-order valence-corrected chi connectivity index (χ0v) is 12.9. The highest BCUT2D eigenvalue weighted by atomic mass is 19.1. The van der Waals surface area contributed by atoms with E-state index >= 15 is 0 Å². The van der Waals surface area contributed by atoms with E-state index in [-0.39, 0.29) is 11.6 Å². The number of hydrogen-bond acceptors (Lipinski definition) is 4. The molecule has 2 saturated heterocycles. The molecule has 1 aromatic rings. The molecule has 0 bridgehead atoms. The van der Waals surface area contributed by atoms with Crippen LogP contribution < -0.4 is 4.90 Å². The van der Waals surface area contributed by atoms with Crippen molar-refractivity contribution in [1.82, 2.24) is 9.80 Å². The van der Waals surface area contributed by atoms with Crippen LogP contribution in [0.25, 0.3) is 0 Å². The van der Waals surface area contributed by atoms with Crippen molar-refractivity contribution >= 4 is 11.7 Å². The first-order valence-corrected chi connectivity index (χ1v) is 7.76. The van der Waals surface area contributed by atoms with E-state index < -0.39 is 5.82 Å². The van der Waals surface area contributed by atoms with Gasteiger partial charge in [0.25, 0.3) is 0 Å². The summed E-state index contributed by atoms with van der Waals surface area (Å²) in [4.78, 5) is 18.0. The number of carbonyl (C=O) groups is 1. The number of ether oxygens (including phenoxy) is 1. The molecule has 0 aromatic heterocycles. The molecule has 2 aliphatic heterocycles. The summed E-state index contributed by atoms with van der Waals surface area (Å²) in [5, 5.41) is 9.14. The molecule has 0 radical (unpaired) electrons. The number of piperazine rings is 1. The number of nitriles is 1. The Bertz CT molecular complexity index is 617. The van der Waals surface area contributed by atoms with Crippen molar-refractivity contribution in [2.24, 2.45) is 0 Å². The van der Waals surface area contributed by atoms with E-state index in [1.165, 1.54) is 6.07 Å². The molecule has 0 aliphatic carbocycles. The number of anilines is 1. The minimum Gasteiger partial charge on any atom is -0.378 e. The van der Waals surface area contributed by atoms with Crippen LogP contribution in [0, 0.1) is 17.1 Å². The highest BCUT2D eigenvalue weighted by Gasteiger charge is 2.27. The van der Waals surface area contributed by atoms with Crippen LogP contribution in [0.4, 0.5) is 14.9 Å². The Morgan fingerprint density at radius 3 is 2.39 bits per heavy atom. The summed E-state index contributed by atoms with van der Waals surface area (Å²) in [6.07, 6.45) is 0. The molecule has 0 spiro atoms. The molecule has 23 heavy (non-hydrogen) atoms. The number of carbonyl (C=O) groups excluding carboxylic acids is 1. The molecule has 6 nitrogen and oxygen atoms in total. The van der Waals surface area contributed by atoms with Crippen LogP contribution in [0.1, 0.15) is 5.56 Å². The van der Waals surface area contributed by atoms with Gasteiger partial charge in [0.05, 0.1) is 18.9 Å². The Hall–Kier alpha value is -2.33. The number of benzene rings is 1. The molecule has 3 rings (SSSR count). The number of rotatable bonds is 1. The lowest BCUT2D eigenvalue weighted by Gasteiger charge is -2.39. The number of morpholine rings is 1. The molecule has 2 fully saturated rings. The normalized spacial score (nSPS) is 18.7. The average molecular weight is 318 g/mol. The van der Waals surface area contributed by atoms with Gasteiger partial charge in [-0.25, -0.2) is 9.18 Å². The summed E-state index contributed by atoms with van der Waals surface area (Å²) in [7, 11) is 0. The van der Waals surface area contributed by atoms with E-state index in [1.54, 1.807) is 12.1 Å². The summed E-state index contributed by atoms with van der Waals surface area (Å²) < 4.78 is 19.0. The summed E-state index contributed by atoms with van der Waals surface area (Å²) in [6, 6.07) is 6.61. The van der Waals surface area contributed by atoms with E-state index in [1.807, 2.05) is 20.8 Å². The minimum absolute atomic E-state index is 0.0349. The molecule has 0 saturated carbocycles. The lowest BCUT2D eigenvalue weighted by molar-refractivity contribution is 0.0428. The van der Waals surface area contributed by atoms with E-state index in [0.29, 0.717) is 58.2 Å². The minimum atomic E-state index is -0.503. The number of halogens is 1. The molecule has 0 atom stereocenters. The van der Waals surface area contributed by atoms with E-state index in [0.717, 1.165) is 0 Å². The first-order valence-electron chi connectivity index (χ1n) is 7.76. The highest BCUT2D eigenvalue weighted by molar-refractivity contribution is 5.75. The van der Waals surface area contributed by atoms with Gasteiger partial charge >= 0.3 is 6.03 Å². The molecule has 0 N–H and O–H groups in total. The van der Waals surface area contributed by atoms with Crippen LogP contribution in [-0.2, 0) is 4.74 Å². The molecule has 2 amide bonds. The first kappa shape index (κ1) is 15.6. The van der Waals surface area contributed by atoms with Gasteiger partial charge in [-0.05, 0) is 12.1 Å². The smallest absolute Gasteiger partial charge is 0.320 e. The van der Waals surface area contributed by atoms with Crippen molar-refractivity contribution in [3.05, 3.63) is 29.6 Å². The van der Waals surface area contributed by atoms with E-state index in [9.17, 15) is 9.18 Å². The fraction of sp³-hybridized carbons (Fsp3) is 0.500. The van der Waals surface area contributed by atoms with Gasteiger partial charge in [0.1, 0.15) is 17.4 Å². The summed E-state index contributed by atoms with van der Waals surface area (Å²) in [5.74, 6) is -0.503. The first-order chi connectivity index (χ1) is 11.2. The topological polar surface area (TPSA) is 59.8 Å². The quantitative estimate of drug-likeness (QED) is 0.782. The number of urea groups is 1. The maximum absolute atomic E-state index is 13.7. The number of hydrogen-bond donors (Lipinski definition) is 0. The van der Waals surface area contributed by atoms with Crippen LogP contribution in [0.15, 0.2) is 18.2 Å². The Morgan fingerprint density at radius 1 is 1.09 bits per heavy atom. The molecule has 122 valence electrons. The Morgan fingerprint density at radius 2 is 1.74 bits per heavy atom. The standard InChI is InChI=1S/C16H19FN4O2/c17-14-2-1-3-15(13(14)12-18)19-4-6-20(7-5-19)16(22)21-8-10-23-11-9-21/h1-3H,4-11H2. The predicted molar refractivity (Wildman–Crippen MR) is 82.7 cm³/mol. The Labute approximate surface area is 134 Å². The van der Waals surface area contributed by atoms with Gasteiger partial charge in [-0.1, -0.05) is 6.07 Å². The molecule has 7 heteroatoms. The zero-order valence-electron chi connectivity index (χ0n) is 12.9. The van der Waals surface area contributed by atoms with Gasteiger partial charge in [-0.2, -0.15) is 5.26 Å². The maximum Gasteiger partial charge on any atom is 0.320 e. The molecule has 2 aliphatic rings. The second-order valence-corrected chi connectivity index (χ2v) is 5.60. The number of amides is 2. The molecular weight excluding hydrogens is 299 g/mol. The van der Waals surface area contributed by atoms with E-state index in [4.69, 9.17) is 10.00 Å². The highest BCUT2D eigenvalue weighted by Crippen LogP contribution is 2.24. The summed E-state index contributed by atoms with van der Waals surface area (Å²) in [5.41, 5.74) is 0.673. The molecular formula is C16H19FN4O2. The number of nitrogens with zero attached hydrogens (tertiary/aromatic N) is 4. The van der Waals surface area contributed by atoms with Gasteiger partial charge in [0, 0.05) is 39.3 Å². The van der Waals surface area contributed by atoms with E-state index in [2.05, 4.69) is 0 Å². The lowest BCUT2D eigenvalue weighted by atomic mass is 10.1. The van der Waals surface area contributed by atoms with Crippen molar-refractivity contribution in [3.8, 4) is 6.07 Å². The van der Waals surface area contributed by atoms with Crippen LogP contribution in [0.3, 0.4) is 0 Å². The maximum atomic E-state index is 13.7. The lowest BCUT2D eigenvalue weighted by Crippen LogP contribution is -2.55. The summed E-state index contributed by atoms with van der Waals surface area (Å²) >= 11 is 0. The Balaban J connectivity index is 1.64. The average Bonchev–Trinajstić information content (AvgIpc) is 2.62. The van der Waals surface area contributed by atoms with Gasteiger partial charge in [-0.3, -0.25) is 0 Å². The van der Waals surface area contributed by atoms with Gasteiger partial charge in [0.15, 0.2) is 0 Å². The third-order valence-corrected chi connectivity index (χ3v) is 4.28. The van der Waals surface area contributed by atoms with Crippen molar-refractivity contribution in [3.63, 3.8) is 0 Å². The second-order valence-electron chi connectivity index (χ2n) is 5.60. The third-order valence-electron chi connectivity index (χ3n) is 4.28. The molecule has 1 aromatic carbocycles. The summed E-state index contributed by atoms with van der Waals surface area (Å²) in [6.45, 7) is 4.74. The van der Waals surface area contributed by atoms with Crippen LogP contribution in [-0.4, -0.2) is 68.3 Å². The monoisotopic (exact) mass is 318 g/mol. The van der Waals surface area contributed by atoms with Crippen LogP contribution in [0.5, 0.6) is 0 Å². The van der Waals surface area contributed by atoms with Crippen molar-refractivity contribution in [2.45, 2.75) is 0 Å². The van der Waals surface area contributed by atoms with Crippen molar-refractivity contribution in [2.75, 3.05) is 57.4 Å². The SMILES string of the molecule is N#Cc1c(F)cccc1N1CCN(C(=O)N2CCOCC2)CC1. The largest absolute Gasteiger partial charge is 0.378 e. The second kappa shape index (κ2) is 6.84. The zero-order chi connectivity index (χ0) is 16.2. The fourth-order valence-electron chi connectivity index (χ4n) is 2.98.